The van der Waals surface area contributed by atoms with E-state index in [2.05, 4.69) is 22.6 Å². The fourth-order valence-electron chi connectivity index (χ4n) is 1.46. The van der Waals surface area contributed by atoms with Crippen LogP contribution in [0.2, 0.25) is 5.02 Å². The van der Waals surface area contributed by atoms with Gasteiger partial charge in [0.2, 0.25) is 0 Å². The highest BCUT2D eigenvalue weighted by Crippen LogP contribution is 2.25. The fraction of sp³-hybridized carbons (Fsp3) is 0.167. The first kappa shape index (κ1) is 12.4. The summed E-state index contributed by atoms with van der Waals surface area (Å²) in [5.74, 6) is 0. The summed E-state index contributed by atoms with van der Waals surface area (Å²) >= 11 is 9.72. The van der Waals surface area contributed by atoms with E-state index in [0.717, 1.165) is 16.1 Å². The zero-order valence-corrected chi connectivity index (χ0v) is 12.1. The molecule has 1 unspecified atom stereocenters. The average Bonchev–Trinajstić information content (AvgIpc) is 2.68. The number of benzene rings is 1. The van der Waals surface area contributed by atoms with Crippen LogP contribution in [0.25, 0.3) is 0 Å². The van der Waals surface area contributed by atoms with E-state index in [9.17, 15) is 5.11 Å². The molecule has 0 radical (unpaired) electrons. The second-order valence-electron chi connectivity index (χ2n) is 3.53. The summed E-state index contributed by atoms with van der Waals surface area (Å²) in [5, 5.41) is 12.8. The molecule has 0 bridgehead atoms. The van der Waals surface area contributed by atoms with E-state index in [0.29, 0.717) is 6.42 Å². The van der Waals surface area contributed by atoms with Crippen molar-refractivity contribution in [2.24, 2.45) is 0 Å². The van der Waals surface area contributed by atoms with Crippen molar-refractivity contribution in [3.05, 3.63) is 54.7 Å². The number of halogens is 2. The van der Waals surface area contributed by atoms with E-state index in [1.807, 2.05) is 35.7 Å². The molecule has 2 aromatic rings. The van der Waals surface area contributed by atoms with Gasteiger partial charge in [-0.05, 0) is 57.3 Å². The molecule has 84 valence electrons. The molecule has 0 aliphatic rings. The van der Waals surface area contributed by atoms with Gasteiger partial charge in [-0.1, -0.05) is 23.7 Å². The van der Waals surface area contributed by atoms with Crippen LogP contribution in [0.5, 0.6) is 0 Å². The highest BCUT2D eigenvalue weighted by atomic mass is 127. The lowest BCUT2D eigenvalue weighted by molar-refractivity contribution is 0.179. The van der Waals surface area contributed by atoms with Gasteiger partial charge in [-0.3, -0.25) is 0 Å². The number of aliphatic hydroxyl groups excluding tert-OH is 1. The predicted octanol–water partition coefficient (Wildman–Crippen LogP) is 4.28. The molecule has 1 heterocycles. The number of aliphatic hydroxyl groups is 1. The van der Waals surface area contributed by atoms with Crippen molar-refractivity contribution in [3.8, 4) is 0 Å². The Bertz CT molecular complexity index is 466. The van der Waals surface area contributed by atoms with Gasteiger partial charge in [-0.2, -0.15) is 0 Å². The van der Waals surface area contributed by atoms with Crippen LogP contribution in [0.1, 0.15) is 17.2 Å². The molecular formula is C12H10ClIOS. The molecule has 1 aromatic carbocycles. The third-order valence-corrected chi connectivity index (χ3v) is 4.37. The first-order valence-electron chi connectivity index (χ1n) is 4.81. The summed E-state index contributed by atoms with van der Waals surface area (Å²) in [5.41, 5.74) is 2.09. The van der Waals surface area contributed by atoms with Gasteiger partial charge in [0.05, 0.1) is 8.99 Å². The van der Waals surface area contributed by atoms with Gasteiger partial charge in [0.1, 0.15) is 0 Å². The standard InChI is InChI=1S/C12H10ClIOS/c13-10-3-1-8(2-4-10)5-11(15)9-6-12(14)16-7-9/h1-4,6-7,11,15H,5H2. The maximum Gasteiger partial charge on any atom is 0.0838 e. The van der Waals surface area contributed by atoms with Crippen molar-refractivity contribution in [1.29, 1.82) is 0 Å². The Labute approximate surface area is 117 Å². The predicted molar refractivity (Wildman–Crippen MR) is 77.2 cm³/mol. The molecule has 0 spiro atoms. The largest absolute Gasteiger partial charge is 0.388 e. The Kier molecular flexibility index (Phi) is 4.24. The summed E-state index contributed by atoms with van der Waals surface area (Å²) in [6.45, 7) is 0. The van der Waals surface area contributed by atoms with Gasteiger partial charge in [0.25, 0.3) is 0 Å². The van der Waals surface area contributed by atoms with E-state index in [1.165, 1.54) is 2.88 Å². The lowest BCUT2D eigenvalue weighted by atomic mass is 10.0. The molecule has 0 amide bonds. The lowest BCUT2D eigenvalue weighted by Crippen LogP contribution is -2.00. The van der Waals surface area contributed by atoms with Crippen LogP contribution < -0.4 is 0 Å². The number of hydrogen-bond donors (Lipinski definition) is 1. The van der Waals surface area contributed by atoms with Crippen molar-refractivity contribution in [1.82, 2.24) is 0 Å². The molecule has 4 heteroatoms. The Morgan fingerprint density at radius 3 is 2.56 bits per heavy atom. The third-order valence-electron chi connectivity index (χ3n) is 2.31. The Hall–Kier alpha value is -0.100. The first-order chi connectivity index (χ1) is 7.65. The highest BCUT2D eigenvalue weighted by molar-refractivity contribution is 14.1. The van der Waals surface area contributed by atoms with Crippen LogP contribution >= 0.6 is 45.5 Å². The zero-order valence-electron chi connectivity index (χ0n) is 8.36. The van der Waals surface area contributed by atoms with Crippen molar-refractivity contribution < 1.29 is 5.11 Å². The molecule has 0 fully saturated rings. The van der Waals surface area contributed by atoms with Crippen molar-refractivity contribution in [2.45, 2.75) is 12.5 Å². The summed E-state index contributed by atoms with van der Waals surface area (Å²) in [4.78, 5) is 0. The van der Waals surface area contributed by atoms with Crippen molar-refractivity contribution >= 4 is 45.5 Å². The van der Waals surface area contributed by atoms with E-state index >= 15 is 0 Å². The second kappa shape index (κ2) is 5.49. The molecule has 2 rings (SSSR count). The molecule has 1 nitrogen and oxygen atoms in total. The van der Waals surface area contributed by atoms with Crippen LogP contribution in [0.4, 0.5) is 0 Å². The molecule has 0 aliphatic heterocycles. The zero-order chi connectivity index (χ0) is 11.5. The lowest BCUT2D eigenvalue weighted by Gasteiger charge is -2.08. The van der Waals surface area contributed by atoms with Gasteiger partial charge in [-0.25, -0.2) is 0 Å². The van der Waals surface area contributed by atoms with Crippen LogP contribution in [0.3, 0.4) is 0 Å². The van der Waals surface area contributed by atoms with Crippen LogP contribution in [0, 0.1) is 2.88 Å². The van der Waals surface area contributed by atoms with Crippen molar-refractivity contribution in [3.63, 3.8) is 0 Å². The Balaban J connectivity index is 2.07. The molecule has 0 aliphatic carbocycles. The topological polar surface area (TPSA) is 20.2 Å². The summed E-state index contributed by atoms with van der Waals surface area (Å²) in [7, 11) is 0. The van der Waals surface area contributed by atoms with E-state index in [-0.39, 0.29) is 0 Å². The normalized spacial score (nSPS) is 12.7. The van der Waals surface area contributed by atoms with Gasteiger partial charge in [0.15, 0.2) is 0 Å². The molecule has 1 atom stereocenters. The average molecular weight is 365 g/mol. The summed E-state index contributed by atoms with van der Waals surface area (Å²) in [6.07, 6.45) is 0.199. The van der Waals surface area contributed by atoms with Crippen molar-refractivity contribution in [2.75, 3.05) is 0 Å². The third kappa shape index (κ3) is 3.20. The van der Waals surface area contributed by atoms with Gasteiger partial charge < -0.3 is 5.11 Å². The SMILES string of the molecule is OC(Cc1ccc(Cl)cc1)c1csc(I)c1. The van der Waals surface area contributed by atoms with E-state index in [1.54, 1.807) is 11.3 Å². The van der Waals surface area contributed by atoms with Crippen LogP contribution in [0.15, 0.2) is 35.7 Å². The Morgan fingerprint density at radius 1 is 1.31 bits per heavy atom. The second-order valence-corrected chi connectivity index (χ2v) is 6.77. The molecule has 1 aromatic heterocycles. The highest BCUT2D eigenvalue weighted by Gasteiger charge is 2.10. The quantitative estimate of drug-likeness (QED) is 0.806. The molecular weight excluding hydrogens is 355 g/mol. The first-order valence-corrected chi connectivity index (χ1v) is 7.15. The Morgan fingerprint density at radius 2 is 2.00 bits per heavy atom. The monoisotopic (exact) mass is 364 g/mol. The minimum Gasteiger partial charge on any atom is -0.388 e. The molecule has 0 saturated carbocycles. The number of hydrogen-bond acceptors (Lipinski definition) is 2. The maximum atomic E-state index is 10.0. The van der Waals surface area contributed by atoms with Gasteiger partial charge in [0, 0.05) is 11.4 Å². The maximum absolute atomic E-state index is 10.0. The minimum absolute atomic E-state index is 0.430. The van der Waals surface area contributed by atoms with Gasteiger partial charge in [-0.15, -0.1) is 11.3 Å². The van der Waals surface area contributed by atoms with E-state index in [4.69, 9.17) is 11.6 Å². The summed E-state index contributed by atoms with van der Waals surface area (Å²) in [6, 6.07) is 9.61. The fourth-order valence-corrected chi connectivity index (χ4v) is 3.00. The van der Waals surface area contributed by atoms with Gasteiger partial charge >= 0.3 is 0 Å². The summed E-state index contributed by atoms with van der Waals surface area (Å²) < 4.78 is 1.20. The molecule has 1 N–H and O–H groups in total. The minimum atomic E-state index is -0.430. The number of rotatable bonds is 3. The van der Waals surface area contributed by atoms with Crippen LogP contribution in [-0.4, -0.2) is 5.11 Å². The number of thiophene rings is 1. The smallest absolute Gasteiger partial charge is 0.0838 e. The molecule has 16 heavy (non-hydrogen) atoms. The van der Waals surface area contributed by atoms with Crippen LogP contribution in [-0.2, 0) is 6.42 Å². The van der Waals surface area contributed by atoms with E-state index < -0.39 is 6.10 Å². The molecule has 0 saturated heterocycles.